The number of hydrogen-bond donors (Lipinski definition) is 3. The van der Waals surface area contributed by atoms with Crippen molar-refractivity contribution in [1.29, 1.82) is 0 Å². The highest BCUT2D eigenvalue weighted by Gasteiger charge is 2.26. The van der Waals surface area contributed by atoms with Crippen LogP contribution in [0.25, 0.3) is 11.0 Å². The minimum Gasteiger partial charge on any atom is -0.396 e. The van der Waals surface area contributed by atoms with Crippen molar-refractivity contribution >= 4 is 17.0 Å². The Hall–Kier alpha value is -1.55. The second-order valence-corrected chi connectivity index (χ2v) is 4.73. The number of hydrogen-bond acceptors (Lipinski definition) is 3. The van der Waals surface area contributed by atoms with E-state index in [-0.39, 0.29) is 6.61 Å². The Morgan fingerprint density at radius 1 is 1.35 bits per heavy atom. The molecule has 1 aliphatic rings. The van der Waals surface area contributed by atoms with Crippen LogP contribution in [-0.2, 0) is 0 Å². The molecule has 2 atom stereocenters. The standard InChI is InChI=1S/C13H17N3O/c17-8-9-4-3-7-10(9)14-13-15-11-5-1-2-6-12(11)16-13/h1-2,5-6,9-10,17H,3-4,7-8H2,(H2,14,15,16)/t9-,10-/m0/s1. The second-order valence-electron chi connectivity index (χ2n) is 4.73. The van der Waals surface area contributed by atoms with E-state index in [0.717, 1.165) is 29.8 Å². The predicted octanol–water partition coefficient (Wildman–Crippen LogP) is 2.14. The number of aliphatic hydroxyl groups excluding tert-OH is 1. The first-order valence-corrected chi connectivity index (χ1v) is 6.19. The van der Waals surface area contributed by atoms with Crippen LogP contribution in [0.15, 0.2) is 24.3 Å². The molecule has 1 aromatic heterocycles. The van der Waals surface area contributed by atoms with Crippen LogP contribution in [0.5, 0.6) is 0 Å². The maximum atomic E-state index is 9.28. The summed E-state index contributed by atoms with van der Waals surface area (Å²) in [4.78, 5) is 7.76. The van der Waals surface area contributed by atoms with Gasteiger partial charge in [0.15, 0.2) is 0 Å². The highest BCUT2D eigenvalue weighted by molar-refractivity contribution is 5.77. The number of nitrogens with zero attached hydrogens (tertiary/aromatic N) is 1. The lowest BCUT2D eigenvalue weighted by Gasteiger charge is -2.18. The number of aromatic nitrogens is 2. The molecule has 0 saturated heterocycles. The van der Waals surface area contributed by atoms with Gasteiger partial charge in [-0.3, -0.25) is 0 Å². The van der Waals surface area contributed by atoms with E-state index in [0.29, 0.717) is 12.0 Å². The van der Waals surface area contributed by atoms with Gasteiger partial charge < -0.3 is 15.4 Å². The van der Waals surface area contributed by atoms with Gasteiger partial charge in [0, 0.05) is 18.6 Å². The number of nitrogens with one attached hydrogen (secondary N) is 2. The largest absolute Gasteiger partial charge is 0.396 e. The third-order valence-electron chi connectivity index (χ3n) is 3.61. The van der Waals surface area contributed by atoms with E-state index in [1.54, 1.807) is 0 Å². The zero-order chi connectivity index (χ0) is 11.7. The summed E-state index contributed by atoms with van der Waals surface area (Å²) in [5, 5.41) is 12.7. The lowest BCUT2D eigenvalue weighted by atomic mass is 10.1. The van der Waals surface area contributed by atoms with E-state index in [1.807, 2.05) is 24.3 Å². The fraction of sp³-hybridized carbons (Fsp3) is 0.462. The van der Waals surface area contributed by atoms with Crippen LogP contribution in [0.4, 0.5) is 5.95 Å². The van der Waals surface area contributed by atoms with Crippen molar-refractivity contribution in [2.24, 2.45) is 5.92 Å². The molecule has 4 heteroatoms. The molecule has 2 aromatic rings. The van der Waals surface area contributed by atoms with E-state index in [1.165, 1.54) is 6.42 Å². The van der Waals surface area contributed by atoms with Crippen LogP contribution in [0.2, 0.25) is 0 Å². The second kappa shape index (κ2) is 4.37. The first kappa shape index (κ1) is 10.6. The van der Waals surface area contributed by atoms with Crippen LogP contribution in [0, 0.1) is 5.92 Å². The van der Waals surface area contributed by atoms with Crippen LogP contribution in [-0.4, -0.2) is 27.7 Å². The summed E-state index contributed by atoms with van der Waals surface area (Å²) in [6.07, 6.45) is 3.40. The van der Waals surface area contributed by atoms with Crippen molar-refractivity contribution in [2.45, 2.75) is 25.3 Å². The summed E-state index contributed by atoms with van der Waals surface area (Å²) >= 11 is 0. The van der Waals surface area contributed by atoms with E-state index in [2.05, 4.69) is 15.3 Å². The lowest BCUT2D eigenvalue weighted by molar-refractivity contribution is 0.222. The van der Waals surface area contributed by atoms with Crippen LogP contribution < -0.4 is 5.32 Å². The number of fused-ring (bicyclic) bond motifs is 1. The van der Waals surface area contributed by atoms with E-state index < -0.39 is 0 Å². The summed E-state index contributed by atoms with van der Waals surface area (Å²) in [5.41, 5.74) is 2.03. The Bertz CT molecular complexity index is 475. The molecule has 4 nitrogen and oxygen atoms in total. The van der Waals surface area contributed by atoms with Gasteiger partial charge in [-0.15, -0.1) is 0 Å². The first-order valence-electron chi connectivity index (χ1n) is 6.19. The van der Waals surface area contributed by atoms with Crippen molar-refractivity contribution in [3.63, 3.8) is 0 Å². The third kappa shape index (κ3) is 2.00. The molecule has 0 bridgehead atoms. The van der Waals surface area contributed by atoms with Crippen LogP contribution >= 0.6 is 0 Å². The van der Waals surface area contributed by atoms with Gasteiger partial charge in [-0.05, 0) is 25.0 Å². The van der Waals surface area contributed by atoms with Gasteiger partial charge in [0.1, 0.15) is 0 Å². The number of anilines is 1. The average Bonchev–Trinajstić information content (AvgIpc) is 2.94. The molecule has 3 rings (SSSR count). The Labute approximate surface area is 100 Å². The molecule has 1 aliphatic carbocycles. The number of H-pyrrole nitrogens is 1. The van der Waals surface area contributed by atoms with E-state index in [9.17, 15) is 5.11 Å². The maximum Gasteiger partial charge on any atom is 0.201 e. The molecule has 0 spiro atoms. The monoisotopic (exact) mass is 231 g/mol. The molecular weight excluding hydrogens is 214 g/mol. The van der Waals surface area contributed by atoms with Gasteiger partial charge in [-0.2, -0.15) is 0 Å². The molecule has 1 aromatic carbocycles. The summed E-state index contributed by atoms with van der Waals surface area (Å²) < 4.78 is 0. The molecule has 90 valence electrons. The maximum absolute atomic E-state index is 9.28. The molecule has 1 heterocycles. The van der Waals surface area contributed by atoms with Crippen molar-refractivity contribution in [2.75, 3.05) is 11.9 Å². The molecule has 1 fully saturated rings. The normalized spacial score (nSPS) is 24.3. The third-order valence-corrected chi connectivity index (χ3v) is 3.61. The quantitative estimate of drug-likeness (QED) is 0.758. The average molecular weight is 231 g/mol. The number of benzene rings is 1. The molecule has 0 unspecified atom stereocenters. The zero-order valence-electron chi connectivity index (χ0n) is 9.69. The minimum atomic E-state index is 0.262. The Balaban J connectivity index is 1.80. The molecular formula is C13H17N3O. The summed E-state index contributed by atoms with van der Waals surface area (Å²) in [6.45, 7) is 0.262. The van der Waals surface area contributed by atoms with E-state index in [4.69, 9.17) is 0 Å². The Morgan fingerprint density at radius 2 is 2.24 bits per heavy atom. The van der Waals surface area contributed by atoms with Crippen molar-refractivity contribution < 1.29 is 5.11 Å². The van der Waals surface area contributed by atoms with Crippen LogP contribution in [0.3, 0.4) is 0 Å². The fourth-order valence-corrected chi connectivity index (χ4v) is 2.64. The topological polar surface area (TPSA) is 60.9 Å². The van der Waals surface area contributed by atoms with Crippen molar-refractivity contribution in [1.82, 2.24) is 9.97 Å². The van der Waals surface area contributed by atoms with Gasteiger partial charge in [0.25, 0.3) is 0 Å². The lowest BCUT2D eigenvalue weighted by Crippen LogP contribution is -2.26. The summed E-state index contributed by atoms with van der Waals surface area (Å²) in [5.74, 6) is 1.18. The zero-order valence-corrected chi connectivity index (χ0v) is 9.69. The van der Waals surface area contributed by atoms with Crippen molar-refractivity contribution in [3.8, 4) is 0 Å². The van der Waals surface area contributed by atoms with Gasteiger partial charge >= 0.3 is 0 Å². The molecule has 17 heavy (non-hydrogen) atoms. The number of para-hydroxylation sites is 2. The molecule has 0 aliphatic heterocycles. The summed E-state index contributed by atoms with van der Waals surface area (Å²) in [6, 6.07) is 8.34. The molecule has 3 N–H and O–H groups in total. The molecule has 0 amide bonds. The first-order chi connectivity index (χ1) is 8.36. The van der Waals surface area contributed by atoms with Gasteiger partial charge in [-0.25, -0.2) is 4.98 Å². The smallest absolute Gasteiger partial charge is 0.201 e. The van der Waals surface area contributed by atoms with Gasteiger partial charge in [0.05, 0.1) is 11.0 Å². The molecule has 1 saturated carbocycles. The Morgan fingerprint density at radius 3 is 3.06 bits per heavy atom. The predicted molar refractivity (Wildman–Crippen MR) is 67.9 cm³/mol. The Kier molecular flexibility index (Phi) is 2.73. The number of aliphatic hydroxyl groups is 1. The highest BCUT2D eigenvalue weighted by Crippen LogP contribution is 2.27. The SMILES string of the molecule is OC[C@@H]1CCC[C@@H]1Nc1nc2ccccc2[nH]1. The minimum absolute atomic E-state index is 0.262. The van der Waals surface area contributed by atoms with Crippen molar-refractivity contribution in [3.05, 3.63) is 24.3 Å². The van der Waals surface area contributed by atoms with Gasteiger partial charge in [0.2, 0.25) is 5.95 Å². The number of imidazole rings is 1. The fourth-order valence-electron chi connectivity index (χ4n) is 2.64. The highest BCUT2D eigenvalue weighted by atomic mass is 16.3. The summed E-state index contributed by atoms with van der Waals surface area (Å²) in [7, 11) is 0. The molecule has 0 radical (unpaired) electrons. The van der Waals surface area contributed by atoms with Gasteiger partial charge in [-0.1, -0.05) is 18.6 Å². The van der Waals surface area contributed by atoms with E-state index >= 15 is 0 Å². The van der Waals surface area contributed by atoms with Crippen LogP contribution in [0.1, 0.15) is 19.3 Å². The number of rotatable bonds is 3. The number of aromatic amines is 1.